The van der Waals surface area contributed by atoms with Crippen LogP contribution < -0.4 is 0 Å². The van der Waals surface area contributed by atoms with Crippen molar-refractivity contribution in [3.63, 3.8) is 0 Å². The fraction of sp³-hybridized carbons (Fsp3) is 0.364. The number of nitrogens with one attached hydrogen (secondary N) is 1. The number of aliphatic carboxylic acids is 1. The number of carboxylic acid groups (broad SMARTS) is 1. The molecule has 0 amide bonds. The lowest BCUT2D eigenvalue weighted by molar-refractivity contribution is -0.131. The van der Waals surface area contributed by atoms with Crippen LogP contribution in [0, 0.1) is 5.92 Å². The Morgan fingerprint density at radius 3 is 2.79 bits per heavy atom. The molecule has 0 spiro atoms. The van der Waals surface area contributed by atoms with Gasteiger partial charge in [0.25, 0.3) is 0 Å². The molecule has 1 aliphatic carbocycles. The lowest BCUT2D eigenvalue weighted by atomic mass is 9.77. The van der Waals surface area contributed by atoms with E-state index in [0.717, 1.165) is 24.0 Å². The highest BCUT2D eigenvalue weighted by atomic mass is 16.4. The lowest BCUT2D eigenvalue weighted by Crippen LogP contribution is -2.13. The normalized spacial score (nSPS) is 17.9. The van der Waals surface area contributed by atoms with Crippen LogP contribution in [0.2, 0.25) is 0 Å². The van der Waals surface area contributed by atoms with Crippen LogP contribution in [0.4, 0.5) is 0 Å². The van der Waals surface area contributed by atoms with Gasteiger partial charge in [0.1, 0.15) is 0 Å². The minimum atomic E-state index is -0.854. The Balaban J connectivity index is 2.26. The molecule has 0 unspecified atom stereocenters. The van der Waals surface area contributed by atoms with Crippen LogP contribution in [0.5, 0.6) is 0 Å². The van der Waals surface area contributed by atoms with Gasteiger partial charge in [0.15, 0.2) is 0 Å². The van der Waals surface area contributed by atoms with Gasteiger partial charge >= 0.3 is 5.97 Å². The summed E-state index contributed by atoms with van der Waals surface area (Å²) in [6.45, 7) is 0. The first-order valence-electron chi connectivity index (χ1n) is 4.85. The van der Waals surface area contributed by atoms with E-state index < -0.39 is 5.97 Å². The van der Waals surface area contributed by atoms with E-state index in [1.807, 2.05) is 18.5 Å². The van der Waals surface area contributed by atoms with Crippen LogP contribution >= 0.6 is 0 Å². The molecule has 0 bridgehead atoms. The monoisotopic (exact) mass is 191 g/mol. The second-order valence-electron chi connectivity index (χ2n) is 3.67. The van der Waals surface area contributed by atoms with E-state index in [2.05, 4.69) is 4.98 Å². The standard InChI is InChI=1S/C11H13NO2/c13-11(14)6-10(8-2-1-3-8)9-4-5-12-7-9/h4-8,12H,1-3H2,(H,13,14)/b10-6-. The number of aromatic amines is 1. The summed E-state index contributed by atoms with van der Waals surface area (Å²) in [5, 5.41) is 8.76. The number of aromatic nitrogens is 1. The third-order valence-corrected chi connectivity index (χ3v) is 2.76. The summed E-state index contributed by atoms with van der Waals surface area (Å²) < 4.78 is 0. The maximum absolute atomic E-state index is 10.7. The first-order chi connectivity index (χ1) is 6.77. The Kier molecular flexibility index (Phi) is 2.39. The van der Waals surface area contributed by atoms with Crippen molar-refractivity contribution < 1.29 is 9.90 Å². The number of H-pyrrole nitrogens is 1. The Labute approximate surface area is 82.5 Å². The molecule has 1 aromatic rings. The average molecular weight is 191 g/mol. The van der Waals surface area contributed by atoms with Gasteiger partial charge in [0.05, 0.1) is 0 Å². The summed E-state index contributed by atoms with van der Waals surface area (Å²) in [6.07, 6.45) is 8.46. The van der Waals surface area contributed by atoms with E-state index in [0.29, 0.717) is 5.92 Å². The van der Waals surface area contributed by atoms with Crippen molar-refractivity contribution in [3.8, 4) is 0 Å². The molecule has 0 atom stereocenters. The van der Waals surface area contributed by atoms with E-state index >= 15 is 0 Å². The van der Waals surface area contributed by atoms with Gasteiger partial charge in [-0.05, 0) is 36.0 Å². The predicted octanol–water partition coefficient (Wildman–Crippen LogP) is 2.28. The summed E-state index contributed by atoms with van der Waals surface area (Å²) in [5.74, 6) is -0.407. The minimum Gasteiger partial charge on any atom is -0.478 e. The SMILES string of the molecule is O=C(O)/C=C(\c1cc[nH]c1)C1CCC1. The fourth-order valence-electron chi connectivity index (χ4n) is 1.79. The summed E-state index contributed by atoms with van der Waals surface area (Å²) in [6, 6.07) is 1.92. The van der Waals surface area contributed by atoms with Gasteiger partial charge in [-0.1, -0.05) is 6.42 Å². The van der Waals surface area contributed by atoms with Gasteiger partial charge in [0, 0.05) is 18.5 Å². The number of hydrogen-bond acceptors (Lipinski definition) is 1. The van der Waals surface area contributed by atoms with Crippen molar-refractivity contribution in [3.05, 3.63) is 30.1 Å². The van der Waals surface area contributed by atoms with Crippen molar-refractivity contribution in [2.75, 3.05) is 0 Å². The number of rotatable bonds is 3. The van der Waals surface area contributed by atoms with Gasteiger partial charge in [-0.3, -0.25) is 0 Å². The second kappa shape index (κ2) is 3.70. The summed E-state index contributed by atoms with van der Waals surface area (Å²) in [7, 11) is 0. The van der Waals surface area contributed by atoms with E-state index in [1.165, 1.54) is 12.5 Å². The first kappa shape index (κ1) is 9.06. The predicted molar refractivity (Wildman–Crippen MR) is 53.7 cm³/mol. The quantitative estimate of drug-likeness (QED) is 0.720. The molecule has 1 fully saturated rings. The van der Waals surface area contributed by atoms with Gasteiger partial charge in [-0.2, -0.15) is 0 Å². The van der Waals surface area contributed by atoms with Crippen molar-refractivity contribution in [2.24, 2.45) is 5.92 Å². The van der Waals surface area contributed by atoms with E-state index in [9.17, 15) is 4.79 Å². The molecule has 1 saturated carbocycles. The highest BCUT2D eigenvalue weighted by Crippen LogP contribution is 2.38. The molecule has 0 aromatic carbocycles. The van der Waals surface area contributed by atoms with E-state index in [-0.39, 0.29) is 0 Å². The topological polar surface area (TPSA) is 53.1 Å². The van der Waals surface area contributed by atoms with Gasteiger partial charge in [0.2, 0.25) is 0 Å². The summed E-state index contributed by atoms with van der Waals surface area (Å²) in [4.78, 5) is 13.6. The number of hydrogen-bond donors (Lipinski definition) is 2. The molecule has 2 rings (SSSR count). The average Bonchev–Trinajstić information content (AvgIpc) is 2.49. The zero-order valence-corrected chi connectivity index (χ0v) is 7.86. The number of carboxylic acids is 1. The Hall–Kier alpha value is -1.51. The molecule has 74 valence electrons. The minimum absolute atomic E-state index is 0.446. The Bertz CT molecular complexity index is 347. The van der Waals surface area contributed by atoms with Crippen molar-refractivity contribution in [1.82, 2.24) is 4.98 Å². The highest BCUT2D eigenvalue weighted by molar-refractivity contribution is 5.90. The van der Waals surface area contributed by atoms with Gasteiger partial charge < -0.3 is 10.1 Å². The van der Waals surface area contributed by atoms with Crippen LogP contribution in [0.1, 0.15) is 24.8 Å². The molecular weight excluding hydrogens is 178 g/mol. The van der Waals surface area contributed by atoms with E-state index in [4.69, 9.17) is 5.11 Å². The molecule has 3 nitrogen and oxygen atoms in total. The second-order valence-corrected chi connectivity index (χ2v) is 3.67. The Morgan fingerprint density at radius 1 is 1.57 bits per heavy atom. The number of allylic oxidation sites excluding steroid dienone is 1. The zero-order valence-electron chi connectivity index (χ0n) is 7.86. The van der Waals surface area contributed by atoms with Crippen molar-refractivity contribution >= 4 is 11.5 Å². The summed E-state index contributed by atoms with van der Waals surface area (Å²) >= 11 is 0. The molecule has 0 aliphatic heterocycles. The maximum atomic E-state index is 10.7. The maximum Gasteiger partial charge on any atom is 0.328 e. The van der Waals surface area contributed by atoms with Gasteiger partial charge in [-0.25, -0.2) is 4.79 Å². The molecule has 3 heteroatoms. The zero-order chi connectivity index (χ0) is 9.97. The molecule has 1 heterocycles. The molecule has 0 radical (unpaired) electrons. The third kappa shape index (κ3) is 1.71. The van der Waals surface area contributed by atoms with Crippen LogP contribution in [0.3, 0.4) is 0 Å². The van der Waals surface area contributed by atoms with Crippen LogP contribution in [-0.4, -0.2) is 16.1 Å². The molecule has 14 heavy (non-hydrogen) atoms. The fourth-order valence-corrected chi connectivity index (χ4v) is 1.79. The molecule has 1 aromatic heterocycles. The largest absolute Gasteiger partial charge is 0.478 e. The smallest absolute Gasteiger partial charge is 0.328 e. The molecular formula is C11H13NO2. The van der Waals surface area contributed by atoms with Crippen LogP contribution in [-0.2, 0) is 4.79 Å². The molecule has 1 aliphatic rings. The highest BCUT2D eigenvalue weighted by Gasteiger charge is 2.23. The number of carbonyl (C=O) groups is 1. The lowest BCUT2D eigenvalue weighted by Gasteiger charge is -2.27. The first-order valence-corrected chi connectivity index (χ1v) is 4.85. The van der Waals surface area contributed by atoms with Crippen LogP contribution in [0.15, 0.2) is 24.5 Å². The molecule has 0 saturated heterocycles. The van der Waals surface area contributed by atoms with Crippen LogP contribution in [0.25, 0.3) is 5.57 Å². The summed E-state index contributed by atoms with van der Waals surface area (Å²) in [5.41, 5.74) is 1.97. The van der Waals surface area contributed by atoms with Crippen molar-refractivity contribution in [1.29, 1.82) is 0 Å². The molecule has 2 N–H and O–H groups in total. The Morgan fingerprint density at radius 2 is 2.36 bits per heavy atom. The third-order valence-electron chi connectivity index (χ3n) is 2.76. The van der Waals surface area contributed by atoms with Gasteiger partial charge in [-0.15, -0.1) is 0 Å². The van der Waals surface area contributed by atoms with Crippen molar-refractivity contribution in [2.45, 2.75) is 19.3 Å². The van der Waals surface area contributed by atoms with E-state index in [1.54, 1.807) is 0 Å².